The van der Waals surface area contributed by atoms with Crippen LogP contribution in [0.15, 0.2) is 36.4 Å². The third-order valence-corrected chi connectivity index (χ3v) is 3.04. The summed E-state index contributed by atoms with van der Waals surface area (Å²) in [6, 6.07) is 8.93. The molecule has 0 heterocycles. The number of nitrogens with two attached hydrogens (primary N) is 1. The molecular formula is C14H11ClFNO3. The monoisotopic (exact) mass is 295 g/mol. The van der Waals surface area contributed by atoms with Crippen LogP contribution in [0.4, 0.5) is 10.1 Å². The van der Waals surface area contributed by atoms with Crippen molar-refractivity contribution in [1.29, 1.82) is 0 Å². The first-order chi connectivity index (χ1) is 9.49. The highest BCUT2D eigenvalue weighted by molar-refractivity contribution is 6.31. The SMILES string of the molecule is Nc1cc(F)c(OCc2ccccc2Cl)cc1C(=O)O. The van der Waals surface area contributed by atoms with Crippen LogP contribution in [-0.4, -0.2) is 11.1 Å². The Kier molecular flexibility index (Phi) is 4.10. The number of carboxylic acids is 1. The van der Waals surface area contributed by atoms with Crippen LogP contribution in [-0.2, 0) is 6.61 Å². The predicted molar refractivity (Wildman–Crippen MR) is 73.6 cm³/mol. The highest BCUT2D eigenvalue weighted by Crippen LogP contribution is 2.26. The molecule has 2 aromatic rings. The highest BCUT2D eigenvalue weighted by Gasteiger charge is 2.14. The van der Waals surface area contributed by atoms with Crippen molar-refractivity contribution < 1.29 is 19.0 Å². The van der Waals surface area contributed by atoms with Crippen LogP contribution in [0.2, 0.25) is 5.02 Å². The normalized spacial score (nSPS) is 10.3. The largest absolute Gasteiger partial charge is 0.486 e. The van der Waals surface area contributed by atoms with Gasteiger partial charge in [0.2, 0.25) is 0 Å². The first kappa shape index (κ1) is 14.1. The molecule has 6 heteroatoms. The Balaban J connectivity index is 2.24. The van der Waals surface area contributed by atoms with Crippen molar-refractivity contribution in [3.05, 3.63) is 58.4 Å². The lowest BCUT2D eigenvalue weighted by Crippen LogP contribution is -2.05. The smallest absolute Gasteiger partial charge is 0.337 e. The lowest BCUT2D eigenvalue weighted by Gasteiger charge is -2.10. The molecule has 0 aromatic heterocycles. The second kappa shape index (κ2) is 5.79. The van der Waals surface area contributed by atoms with Gasteiger partial charge in [0.15, 0.2) is 11.6 Å². The van der Waals surface area contributed by atoms with E-state index in [1.165, 1.54) is 0 Å². The molecule has 2 rings (SSSR count). The van der Waals surface area contributed by atoms with Crippen molar-refractivity contribution in [3.63, 3.8) is 0 Å². The molecule has 0 radical (unpaired) electrons. The summed E-state index contributed by atoms with van der Waals surface area (Å²) in [5, 5.41) is 9.42. The van der Waals surface area contributed by atoms with Crippen molar-refractivity contribution in [1.82, 2.24) is 0 Å². The topological polar surface area (TPSA) is 72.5 Å². The summed E-state index contributed by atoms with van der Waals surface area (Å²) in [7, 11) is 0. The molecule has 0 saturated carbocycles. The van der Waals surface area contributed by atoms with Crippen LogP contribution in [0.5, 0.6) is 5.75 Å². The minimum absolute atomic E-state index is 0.0274. The molecule has 0 atom stereocenters. The molecule has 0 bridgehead atoms. The number of rotatable bonds is 4. The summed E-state index contributed by atoms with van der Waals surface area (Å²) in [4.78, 5) is 10.9. The third kappa shape index (κ3) is 3.00. The van der Waals surface area contributed by atoms with E-state index < -0.39 is 11.8 Å². The Labute approximate surface area is 119 Å². The van der Waals surface area contributed by atoms with E-state index in [0.717, 1.165) is 12.1 Å². The van der Waals surface area contributed by atoms with Crippen LogP contribution < -0.4 is 10.5 Å². The van der Waals surface area contributed by atoms with Gasteiger partial charge in [0.1, 0.15) is 6.61 Å². The van der Waals surface area contributed by atoms with Crippen LogP contribution in [0.25, 0.3) is 0 Å². The van der Waals surface area contributed by atoms with Crippen molar-refractivity contribution in [2.45, 2.75) is 6.61 Å². The minimum Gasteiger partial charge on any atom is -0.486 e. The number of halogens is 2. The average molecular weight is 296 g/mol. The fourth-order valence-electron chi connectivity index (χ4n) is 1.64. The number of carbonyl (C=O) groups is 1. The second-order valence-corrected chi connectivity index (χ2v) is 4.46. The maximum atomic E-state index is 13.7. The summed E-state index contributed by atoms with van der Waals surface area (Å²) in [5.41, 5.74) is 5.73. The van der Waals surface area contributed by atoms with Gasteiger partial charge in [-0.1, -0.05) is 29.8 Å². The first-order valence-electron chi connectivity index (χ1n) is 5.67. The van der Waals surface area contributed by atoms with Crippen LogP contribution in [0.3, 0.4) is 0 Å². The second-order valence-electron chi connectivity index (χ2n) is 4.06. The zero-order chi connectivity index (χ0) is 14.7. The van der Waals surface area contributed by atoms with Gasteiger partial charge in [0, 0.05) is 22.3 Å². The van der Waals surface area contributed by atoms with Gasteiger partial charge in [-0.15, -0.1) is 0 Å². The summed E-state index contributed by atoms with van der Waals surface area (Å²) in [6.45, 7) is 0.0274. The fraction of sp³-hybridized carbons (Fsp3) is 0.0714. The molecule has 0 aliphatic rings. The van der Waals surface area contributed by atoms with Gasteiger partial charge >= 0.3 is 5.97 Å². The molecule has 0 amide bonds. The maximum absolute atomic E-state index is 13.7. The summed E-state index contributed by atoms with van der Waals surface area (Å²) in [5.74, 6) is -2.15. The Morgan fingerprint density at radius 2 is 2.05 bits per heavy atom. The number of benzene rings is 2. The number of hydrogen-bond acceptors (Lipinski definition) is 3. The van der Waals surface area contributed by atoms with Gasteiger partial charge in [0.25, 0.3) is 0 Å². The molecular weight excluding hydrogens is 285 g/mol. The van der Waals surface area contributed by atoms with E-state index in [1.54, 1.807) is 24.3 Å². The van der Waals surface area contributed by atoms with Crippen molar-refractivity contribution in [2.75, 3.05) is 5.73 Å². The third-order valence-electron chi connectivity index (χ3n) is 2.68. The average Bonchev–Trinajstić information content (AvgIpc) is 2.39. The molecule has 0 saturated heterocycles. The molecule has 0 aliphatic carbocycles. The van der Waals surface area contributed by atoms with E-state index in [4.69, 9.17) is 27.2 Å². The van der Waals surface area contributed by atoms with E-state index >= 15 is 0 Å². The van der Waals surface area contributed by atoms with Crippen LogP contribution in [0, 0.1) is 5.82 Å². The van der Waals surface area contributed by atoms with Crippen molar-refractivity contribution >= 4 is 23.3 Å². The predicted octanol–water partition coefficient (Wildman–Crippen LogP) is 3.34. The molecule has 3 N–H and O–H groups in total. The lowest BCUT2D eigenvalue weighted by molar-refractivity contribution is 0.0697. The van der Waals surface area contributed by atoms with Gasteiger partial charge in [-0.2, -0.15) is 0 Å². The van der Waals surface area contributed by atoms with Crippen LogP contribution in [0.1, 0.15) is 15.9 Å². The van der Waals surface area contributed by atoms with E-state index in [0.29, 0.717) is 10.6 Å². The van der Waals surface area contributed by atoms with Gasteiger partial charge in [-0.25, -0.2) is 9.18 Å². The number of hydrogen-bond donors (Lipinski definition) is 2. The number of anilines is 1. The Morgan fingerprint density at radius 1 is 1.35 bits per heavy atom. The summed E-state index contributed by atoms with van der Waals surface area (Å²) < 4.78 is 18.9. The number of nitrogen functional groups attached to an aromatic ring is 1. The molecule has 0 unspecified atom stereocenters. The molecule has 4 nitrogen and oxygen atoms in total. The molecule has 0 fully saturated rings. The standard InChI is InChI=1S/C14H11ClFNO3/c15-10-4-2-1-3-8(10)7-20-13-5-9(14(18)19)12(17)6-11(13)16/h1-6H,7,17H2,(H,18,19). The van der Waals surface area contributed by atoms with Gasteiger partial charge in [0.05, 0.1) is 5.56 Å². The lowest BCUT2D eigenvalue weighted by atomic mass is 10.1. The van der Waals surface area contributed by atoms with E-state index in [1.807, 2.05) is 0 Å². The summed E-state index contributed by atoms with van der Waals surface area (Å²) in [6.07, 6.45) is 0. The molecule has 0 aliphatic heterocycles. The van der Waals surface area contributed by atoms with Gasteiger partial charge in [-0.3, -0.25) is 0 Å². The van der Waals surface area contributed by atoms with E-state index in [-0.39, 0.29) is 23.6 Å². The zero-order valence-corrected chi connectivity index (χ0v) is 11.0. The van der Waals surface area contributed by atoms with Crippen LogP contribution >= 0.6 is 11.6 Å². The number of carboxylic acid groups (broad SMARTS) is 1. The van der Waals surface area contributed by atoms with E-state index in [2.05, 4.69) is 0 Å². The maximum Gasteiger partial charge on any atom is 0.337 e. The fourth-order valence-corrected chi connectivity index (χ4v) is 1.83. The van der Waals surface area contributed by atoms with E-state index in [9.17, 15) is 9.18 Å². The molecule has 0 spiro atoms. The molecule has 2 aromatic carbocycles. The Morgan fingerprint density at radius 3 is 2.70 bits per heavy atom. The minimum atomic E-state index is -1.25. The Bertz CT molecular complexity index is 661. The van der Waals surface area contributed by atoms with Crippen molar-refractivity contribution in [3.8, 4) is 5.75 Å². The number of ether oxygens (including phenoxy) is 1. The Hall–Kier alpha value is -2.27. The van der Waals surface area contributed by atoms with Crippen molar-refractivity contribution in [2.24, 2.45) is 0 Å². The quantitative estimate of drug-likeness (QED) is 0.849. The highest BCUT2D eigenvalue weighted by atomic mass is 35.5. The van der Waals surface area contributed by atoms with Gasteiger partial charge in [-0.05, 0) is 12.1 Å². The molecule has 104 valence electrons. The van der Waals surface area contributed by atoms with Gasteiger partial charge < -0.3 is 15.6 Å². The zero-order valence-electron chi connectivity index (χ0n) is 10.3. The number of aromatic carboxylic acids is 1. The summed E-state index contributed by atoms with van der Waals surface area (Å²) >= 11 is 5.95. The first-order valence-corrected chi connectivity index (χ1v) is 6.05. The molecule has 20 heavy (non-hydrogen) atoms.